The Morgan fingerprint density at radius 3 is 2.63 bits per heavy atom. The van der Waals surface area contributed by atoms with Gasteiger partial charge in [0.25, 0.3) is 5.91 Å². The number of amides is 1. The van der Waals surface area contributed by atoms with Crippen molar-refractivity contribution in [3.8, 4) is 11.5 Å². The number of carbonyl (C=O) groups is 1. The first-order valence-electron chi connectivity index (χ1n) is 13.6. The van der Waals surface area contributed by atoms with Crippen LogP contribution < -0.4 is 14.8 Å². The van der Waals surface area contributed by atoms with Crippen LogP contribution in [-0.2, 0) is 13.0 Å². The Labute approximate surface area is 226 Å². The van der Waals surface area contributed by atoms with Gasteiger partial charge in [-0.1, -0.05) is 42.3 Å². The largest absolute Gasteiger partial charge is 0.497 e. The molecule has 1 N–H and O–H groups in total. The average Bonchev–Trinajstić information content (AvgIpc) is 3.28. The minimum Gasteiger partial charge on any atom is -0.497 e. The van der Waals surface area contributed by atoms with Crippen molar-refractivity contribution in [1.29, 1.82) is 0 Å². The number of aryl methyl sites for hydroxylation is 4. The van der Waals surface area contributed by atoms with Gasteiger partial charge in [-0.2, -0.15) is 0 Å². The van der Waals surface area contributed by atoms with Gasteiger partial charge in [0.15, 0.2) is 0 Å². The van der Waals surface area contributed by atoms with Crippen molar-refractivity contribution >= 4 is 16.9 Å². The summed E-state index contributed by atoms with van der Waals surface area (Å²) in [5.41, 5.74) is 5.32. The van der Waals surface area contributed by atoms with Crippen LogP contribution in [0.15, 0.2) is 66.7 Å². The highest BCUT2D eigenvalue weighted by Gasteiger charge is 2.11. The number of benzene rings is 3. The van der Waals surface area contributed by atoms with Crippen molar-refractivity contribution < 1.29 is 14.3 Å². The topological polar surface area (TPSA) is 65.4 Å². The maximum atomic E-state index is 12.4. The predicted octanol–water partition coefficient (Wildman–Crippen LogP) is 6.66. The molecule has 0 fully saturated rings. The monoisotopic (exact) mass is 513 g/mol. The number of hydrogen-bond acceptors (Lipinski definition) is 4. The fraction of sp³-hybridized carbons (Fsp3) is 0.375. The van der Waals surface area contributed by atoms with E-state index in [9.17, 15) is 4.79 Å². The molecule has 0 spiro atoms. The van der Waals surface area contributed by atoms with Crippen molar-refractivity contribution in [2.24, 2.45) is 0 Å². The summed E-state index contributed by atoms with van der Waals surface area (Å²) in [5, 5.41) is 3.01. The van der Waals surface area contributed by atoms with Gasteiger partial charge >= 0.3 is 0 Å². The van der Waals surface area contributed by atoms with E-state index in [2.05, 4.69) is 60.1 Å². The number of para-hydroxylation sites is 2. The Kier molecular flexibility index (Phi) is 9.79. The van der Waals surface area contributed by atoms with Crippen molar-refractivity contribution in [2.45, 2.75) is 58.9 Å². The molecular weight excluding hydrogens is 474 g/mol. The smallest absolute Gasteiger partial charge is 0.251 e. The van der Waals surface area contributed by atoms with Crippen molar-refractivity contribution in [2.75, 3.05) is 20.3 Å². The summed E-state index contributed by atoms with van der Waals surface area (Å²) in [6.07, 6.45) is 5.96. The molecule has 1 heterocycles. The van der Waals surface area contributed by atoms with Crippen molar-refractivity contribution in [1.82, 2.24) is 14.9 Å². The van der Waals surface area contributed by atoms with E-state index in [0.717, 1.165) is 62.2 Å². The highest BCUT2D eigenvalue weighted by Crippen LogP contribution is 2.21. The first kappa shape index (κ1) is 27.2. The van der Waals surface area contributed by atoms with E-state index in [1.807, 2.05) is 18.2 Å². The molecular formula is C32H39N3O3. The minimum absolute atomic E-state index is 0.0628. The van der Waals surface area contributed by atoms with Gasteiger partial charge in [0.1, 0.15) is 17.3 Å². The molecule has 6 nitrogen and oxygen atoms in total. The zero-order valence-electron chi connectivity index (χ0n) is 22.8. The molecule has 0 aliphatic rings. The Morgan fingerprint density at radius 1 is 0.921 bits per heavy atom. The first-order valence-corrected chi connectivity index (χ1v) is 13.6. The average molecular weight is 514 g/mol. The fourth-order valence-electron chi connectivity index (χ4n) is 4.73. The summed E-state index contributed by atoms with van der Waals surface area (Å²) >= 11 is 0. The number of ether oxygens (including phenoxy) is 2. The van der Waals surface area contributed by atoms with Crippen LogP contribution in [0.4, 0.5) is 0 Å². The SMILES string of the molecule is COc1cccc(C(=O)NCCCCCc2nc3ccccc3n2CCCCOc2ccc(C)cc2C)c1. The minimum atomic E-state index is -0.0628. The maximum absolute atomic E-state index is 12.4. The zero-order valence-corrected chi connectivity index (χ0v) is 22.8. The lowest BCUT2D eigenvalue weighted by Crippen LogP contribution is -2.24. The van der Waals surface area contributed by atoms with Crippen molar-refractivity contribution in [3.05, 3.63) is 89.2 Å². The van der Waals surface area contributed by atoms with E-state index in [0.29, 0.717) is 24.5 Å². The Balaban J connectivity index is 1.22. The molecule has 1 amide bonds. The van der Waals surface area contributed by atoms with Crippen LogP contribution in [0.5, 0.6) is 11.5 Å². The molecule has 6 heteroatoms. The van der Waals surface area contributed by atoms with E-state index in [-0.39, 0.29) is 5.91 Å². The van der Waals surface area contributed by atoms with Crippen LogP contribution in [0.2, 0.25) is 0 Å². The van der Waals surface area contributed by atoms with E-state index >= 15 is 0 Å². The maximum Gasteiger partial charge on any atom is 0.251 e. The van der Waals surface area contributed by atoms with Crippen LogP contribution in [0.1, 0.15) is 59.4 Å². The number of carbonyl (C=O) groups excluding carboxylic acids is 1. The lowest BCUT2D eigenvalue weighted by atomic mass is 10.1. The molecule has 0 saturated carbocycles. The van der Waals surface area contributed by atoms with Gasteiger partial charge in [-0.05, 0) is 81.5 Å². The molecule has 0 unspecified atom stereocenters. The highest BCUT2D eigenvalue weighted by atomic mass is 16.5. The predicted molar refractivity (Wildman–Crippen MR) is 153 cm³/mol. The number of hydrogen-bond donors (Lipinski definition) is 1. The number of nitrogens with zero attached hydrogens (tertiary/aromatic N) is 2. The van der Waals surface area contributed by atoms with Crippen LogP contribution in [0, 0.1) is 13.8 Å². The molecule has 4 aromatic rings. The second kappa shape index (κ2) is 13.7. The summed E-state index contributed by atoms with van der Waals surface area (Å²) in [6, 6.07) is 21.9. The summed E-state index contributed by atoms with van der Waals surface area (Å²) in [7, 11) is 1.60. The molecule has 1 aromatic heterocycles. The van der Waals surface area contributed by atoms with E-state index in [1.165, 1.54) is 16.6 Å². The Hall–Kier alpha value is -3.80. The summed E-state index contributed by atoms with van der Waals surface area (Å²) in [6.45, 7) is 6.51. The second-order valence-corrected chi connectivity index (χ2v) is 9.79. The molecule has 0 bridgehead atoms. The van der Waals surface area contributed by atoms with E-state index in [1.54, 1.807) is 19.2 Å². The molecule has 38 heavy (non-hydrogen) atoms. The van der Waals surface area contributed by atoms with Crippen LogP contribution >= 0.6 is 0 Å². The van der Waals surface area contributed by atoms with Crippen LogP contribution in [0.25, 0.3) is 11.0 Å². The molecule has 0 aliphatic heterocycles. The normalized spacial score (nSPS) is 11.0. The number of aromatic nitrogens is 2. The van der Waals surface area contributed by atoms with Gasteiger partial charge in [0.2, 0.25) is 0 Å². The van der Waals surface area contributed by atoms with Gasteiger partial charge in [-0.3, -0.25) is 4.79 Å². The fourth-order valence-corrected chi connectivity index (χ4v) is 4.73. The summed E-state index contributed by atoms with van der Waals surface area (Å²) in [5.74, 6) is 2.74. The molecule has 0 saturated heterocycles. The Bertz CT molecular complexity index is 1350. The van der Waals surface area contributed by atoms with Gasteiger partial charge in [-0.15, -0.1) is 0 Å². The number of nitrogens with one attached hydrogen (secondary N) is 1. The van der Waals surface area contributed by atoms with Gasteiger partial charge in [0.05, 0.1) is 24.8 Å². The summed E-state index contributed by atoms with van der Waals surface area (Å²) in [4.78, 5) is 17.3. The molecule has 200 valence electrons. The first-order chi connectivity index (χ1) is 18.5. The number of rotatable bonds is 14. The molecule has 3 aromatic carbocycles. The van der Waals surface area contributed by atoms with Crippen LogP contribution in [-0.4, -0.2) is 35.7 Å². The summed E-state index contributed by atoms with van der Waals surface area (Å²) < 4.78 is 13.6. The third kappa shape index (κ3) is 7.37. The van der Waals surface area contributed by atoms with Gasteiger partial charge < -0.3 is 19.4 Å². The molecule has 0 atom stereocenters. The van der Waals surface area contributed by atoms with Gasteiger partial charge in [-0.25, -0.2) is 4.98 Å². The number of unbranched alkanes of at least 4 members (excludes halogenated alkanes) is 3. The number of imidazole rings is 1. The lowest BCUT2D eigenvalue weighted by molar-refractivity contribution is 0.0952. The third-order valence-electron chi connectivity index (χ3n) is 6.79. The van der Waals surface area contributed by atoms with Crippen LogP contribution in [0.3, 0.4) is 0 Å². The molecule has 4 rings (SSSR count). The Morgan fingerprint density at radius 2 is 1.79 bits per heavy atom. The standard InChI is InChI=1S/C32H39N3O3/c1-24-17-18-30(25(2)22-24)38-21-10-9-20-35-29-15-7-6-14-28(29)34-31(35)16-5-4-8-19-33-32(36)26-12-11-13-27(23-26)37-3/h6-7,11-15,17-18,22-23H,4-5,8-10,16,19-21H2,1-3H3,(H,33,36). The highest BCUT2D eigenvalue weighted by molar-refractivity contribution is 5.94. The number of methoxy groups -OCH3 is 1. The lowest BCUT2D eigenvalue weighted by Gasteiger charge is -2.12. The molecule has 0 aliphatic carbocycles. The molecule has 0 radical (unpaired) electrons. The second-order valence-electron chi connectivity index (χ2n) is 9.79. The van der Waals surface area contributed by atoms with E-state index < -0.39 is 0 Å². The third-order valence-corrected chi connectivity index (χ3v) is 6.79. The number of fused-ring (bicyclic) bond motifs is 1. The van der Waals surface area contributed by atoms with E-state index in [4.69, 9.17) is 14.5 Å². The quantitative estimate of drug-likeness (QED) is 0.191. The van der Waals surface area contributed by atoms with Crippen molar-refractivity contribution in [3.63, 3.8) is 0 Å². The van der Waals surface area contributed by atoms with Gasteiger partial charge in [0, 0.05) is 25.1 Å². The zero-order chi connectivity index (χ0) is 26.7.